The first-order chi connectivity index (χ1) is 9.26. The van der Waals surface area contributed by atoms with Crippen molar-refractivity contribution in [1.29, 1.82) is 0 Å². The van der Waals surface area contributed by atoms with Crippen molar-refractivity contribution < 1.29 is 0 Å². The number of hydrogen-bond acceptors (Lipinski definition) is 3. The number of aromatic nitrogens is 1. The molecule has 2 rings (SSSR count). The summed E-state index contributed by atoms with van der Waals surface area (Å²) >= 11 is 6.27. The van der Waals surface area contributed by atoms with Gasteiger partial charge in [-0.3, -0.25) is 0 Å². The van der Waals surface area contributed by atoms with Crippen molar-refractivity contribution in [2.75, 3.05) is 18.0 Å². The summed E-state index contributed by atoms with van der Waals surface area (Å²) in [6.45, 7) is 13.9. The van der Waals surface area contributed by atoms with Crippen LogP contribution in [0.4, 0.5) is 5.82 Å². The van der Waals surface area contributed by atoms with Gasteiger partial charge in [-0.1, -0.05) is 25.4 Å². The quantitative estimate of drug-likeness (QED) is 0.921. The zero-order valence-corrected chi connectivity index (χ0v) is 14.0. The lowest BCUT2D eigenvalue weighted by molar-refractivity contribution is 0.421. The highest BCUT2D eigenvalue weighted by atomic mass is 35.5. The fourth-order valence-corrected chi connectivity index (χ4v) is 2.61. The molecule has 0 bridgehead atoms. The van der Waals surface area contributed by atoms with Crippen molar-refractivity contribution in [3.63, 3.8) is 0 Å². The van der Waals surface area contributed by atoms with Gasteiger partial charge in [0.05, 0.1) is 10.7 Å². The minimum atomic E-state index is 0.0671. The van der Waals surface area contributed by atoms with E-state index in [1.165, 1.54) is 0 Å². The summed E-state index contributed by atoms with van der Waals surface area (Å²) in [6.07, 6.45) is 0. The Morgan fingerprint density at radius 2 is 1.85 bits per heavy atom. The number of nitrogens with one attached hydrogen (secondary N) is 1. The molecular weight excluding hydrogens is 270 g/mol. The maximum absolute atomic E-state index is 6.27. The van der Waals surface area contributed by atoms with Crippen LogP contribution in [-0.2, 0) is 6.54 Å². The Morgan fingerprint density at radius 3 is 2.40 bits per heavy atom. The second-order valence-corrected chi connectivity index (χ2v) is 7.47. The topological polar surface area (TPSA) is 28.2 Å². The van der Waals surface area contributed by atoms with Crippen LogP contribution in [0.5, 0.6) is 0 Å². The van der Waals surface area contributed by atoms with Crippen LogP contribution < -0.4 is 10.2 Å². The predicted octanol–water partition coefficient (Wildman–Crippen LogP) is 3.72. The highest BCUT2D eigenvalue weighted by Gasteiger charge is 2.27. The van der Waals surface area contributed by atoms with E-state index in [2.05, 4.69) is 44.8 Å². The van der Waals surface area contributed by atoms with Crippen molar-refractivity contribution in [3.8, 4) is 0 Å². The van der Waals surface area contributed by atoms with E-state index >= 15 is 0 Å². The number of halogens is 1. The van der Waals surface area contributed by atoms with Gasteiger partial charge in [-0.25, -0.2) is 4.98 Å². The molecule has 1 fully saturated rings. The lowest BCUT2D eigenvalue weighted by atomic mass is 10.0. The first-order valence-electron chi connectivity index (χ1n) is 7.41. The predicted molar refractivity (Wildman–Crippen MR) is 86.4 cm³/mol. The highest BCUT2D eigenvalue weighted by molar-refractivity contribution is 6.31. The molecule has 112 valence electrons. The first kappa shape index (κ1) is 15.6. The number of pyridine rings is 1. The molecule has 0 radical (unpaired) electrons. The molecule has 0 aliphatic carbocycles. The van der Waals surface area contributed by atoms with E-state index in [9.17, 15) is 0 Å². The average molecular weight is 296 g/mol. The standard InChI is InChI=1S/C16H26ClN3/c1-11-9-20(10-12(11)2)15-7-6-13(17)14(19-15)8-18-16(3,4)5/h6-7,11-12,18H,8-10H2,1-5H3. The van der Waals surface area contributed by atoms with Crippen LogP contribution in [0.3, 0.4) is 0 Å². The van der Waals surface area contributed by atoms with Crippen molar-refractivity contribution in [2.24, 2.45) is 11.8 Å². The van der Waals surface area contributed by atoms with Crippen molar-refractivity contribution in [3.05, 3.63) is 22.8 Å². The van der Waals surface area contributed by atoms with Crippen LogP contribution in [0.2, 0.25) is 5.02 Å². The Morgan fingerprint density at radius 1 is 1.25 bits per heavy atom. The van der Waals surface area contributed by atoms with Gasteiger partial charge < -0.3 is 10.2 Å². The molecule has 2 atom stereocenters. The summed E-state index contributed by atoms with van der Waals surface area (Å²) in [6, 6.07) is 4.00. The zero-order chi connectivity index (χ0) is 14.9. The van der Waals surface area contributed by atoms with Crippen molar-refractivity contribution >= 4 is 17.4 Å². The lowest BCUT2D eigenvalue weighted by Gasteiger charge is -2.22. The van der Waals surface area contributed by atoms with Crippen molar-refractivity contribution in [1.82, 2.24) is 10.3 Å². The molecule has 2 unspecified atom stereocenters. The Labute approximate surface area is 127 Å². The summed E-state index contributed by atoms with van der Waals surface area (Å²) in [4.78, 5) is 7.13. The summed E-state index contributed by atoms with van der Waals surface area (Å²) in [5.41, 5.74) is 1.00. The van der Waals surface area contributed by atoms with Crippen LogP contribution in [0.25, 0.3) is 0 Å². The van der Waals surface area contributed by atoms with Crippen LogP contribution in [0.1, 0.15) is 40.3 Å². The molecular formula is C16H26ClN3. The van der Waals surface area contributed by atoms with Gasteiger partial charge in [0.25, 0.3) is 0 Å². The number of nitrogens with zero attached hydrogens (tertiary/aromatic N) is 2. The first-order valence-corrected chi connectivity index (χ1v) is 7.79. The fraction of sp³-hybridized carbons (Fsp3) is 0.688. The third-order valence-corrected chi connectivity index (χ3v) is 4.35. The molecule has 20 heavy (non-hydrogen) atoms. The van der Waals surface area contributed by atoms with Crippen LogP contribution >= 0.6 is 11.6 Å². The summed E-state index contributed by atoms with van der Waals surface area (Å²) < 4.78 is 0. The Kier molecular flexibility index (Phi) is 4.60. The highest BCUT2D eigenvalue weighted by Crippen LogP contribution is 2.28. The lowest BCUT2D eigenvalue weighted by Crippen LogP contribution is -2.35. The largest absolute Gasteiger partial charge is 0.356 e. The van der Waals surface area contributed by atoms with Gasteiger partial charge in [-0.15, -0.1) is 0 Å². The van der Waals surface area contributed by atoms with E-state index < -0.39 is 0 Å². The SMILES string of the molecule is CC1CN(c2ccc(Cl)c(CNC(C)(C)C)n2)CC1C. The molecule has 1 aliphatic heterocycles. The molecule has 0 aromatic carbocycles. The van der Waals surface area contributed by atoms with E-state index in [0.29, 0.717) is 6.54 Å². The Bertz CT molecular complexity index is 457. The summed E-state index contributed by atoms with van der Waals surface area (Å²) in [5.74, 6) is 2.50. The number of anilines is 1. The maximum Gasteiger partial charge on any atom is 0.128 e. The van der Waals surface area contributed by atoms with Gasteiger partial charge in [0, 0.05) is 25.2 Å². The third-order valence-electron chi connectivity index (χ3n) is 4.00. The molecule has 0 spiro atoms. The second-order valence-electron chi connectivity index (χ2n) is 7.06. The van der Waals surface area contributed by atoms with E-state index in [0.717, 1.165) is 41.5 Å². The van der Waals surface area contributed by atoms with E-state index in [-0.39, 0.29) is 5.54 Å². The molecule has 4 heteroatoms. The minimum absolute atomic E-state index is 0.0671. The van der Waals surface area contributed by atoms with E-state index in [1.54, 1.807) is 0 Å². The molecule has 0 saturated carbocycles. The zero-order valence-electron chi connectivity index (χ0n) is 13.2. The molecule has 2 heterocycles. The fourth-order valence-electron chi connectivity index (χ4n) is 2.44. The third kappa shape index (κ3) is 3.86. The van der Waals surface area contributed by atoms with Gasteiger partial charge >= 0.3 is 0 Å². The van der Waals surface area contributed by atoms with Gasteiger partial charge in [-0.05, 0) is 44.7 Å². The van der Waals surface area contributed by atoms with E-state index in [1.807, 2.05) is 12.1 Å². The van der Waals surface area contributed by atoms with E-state index in [4.69, 9.17) is 16.6 Å². The summed E-state index contributed by atoms with van der Waals surface area (Å²) in [5, 5.41) is 4.19. The Balaban J connectivity index is 2.12. The smallest absolute Gasteiger partial charge is 0.128 e. The Hall–Kier alpha value is -0.800. The molecule has 0 amide bonds. The molecule has 3 nitrogen and oxygen atoms in total. The molecule has 1 N–H and O–H groups in total. The normalized spacial score (nSPS) is 23.4. The minimum Gasteiger partial charge on any atom is -0.356 e. The van der Waals surface area contributed by atoms with Crippen LogP contribution in [-0.4, -0.2) is 23.6 Å². The molecule has 1 aromatic heterocycles. The van der Waals surface area contributed by atoms with Crippen LogP contribution in [0, 0.1) is 11.8 Å². The van der Waals surface area contributed by atoms with Crippen molar-refractivity contribution in [2.45, 2.75) is 46.7 Å². The number of rotatable bonds is 3. The average Bonchev–Trinajstić information content (AvgIpc) is 2.67. The van der Waals surface area contributed by atoms with Gasteiger partial charge in [0.2, 0.25) is 0 Å². The van der Waals surface area contributed by atoms with Gasteiger partial charge in [-0.2, -0.15) is 0 Å². The van der Waals surface area contributed by atoms with Gasteiger partial charge in [0.15, 0.2) is 0 Å². The van der Waals surface area contributed by atoms with Crippen LogP contribution in [0.15, 0.2) is 12.1 Å². The molecule has 1 aliphatic rings. The molecule has 1 saturated heterocycles. The maximum atomic E-state index is 6.27. The monoisotopic (exact) mass is 295 g/mol. The number of hydrogen-bond donors (Lipinski definition) is 1. The molecule has 1 aromatic rings. The van der Waals surface area contributed by atoms with Gasteiger partial charge in [0.1, 0.15) is 5.82 Å². The summed E-state index contributed by atoms with van der Waals surface area (Å²) in [7, 11) is 0. The second kappa shape index (κ2) is 5.90.